The summed E-state index contributed by atoms with van der Waals surface area (Å²) >= 11 is 0. The van der Waals surface area contributed by atoms with Gasteiger partial charge < -0.3 is 5.11 Å². The topological polar surface area (TPSA) is 20.2 Å². The molecule has 1 nitrogen and oxygen atoms in total. The van der Waals surface area contributed by atoms with Crippen LogP contribution in [0.1, 0.15) is 79.0 Å². The van der Waals surface area contributed by atoms with Crippen LogP contribution < -0.4 is 0 Å². The smallest absolute Gasteiger partial charge is 0.127 e. The van der Waals surface area contributed by atoms with Crippen molar-refractivity contribution in [3.8, 4) is 16.9 Å². The highest BCUT2D eigenvalue weighted by atomic mass is 16.3. The van der Waals surface area contributed by atoms with E-state index in [0.717, 1.165) is 16.7 Å². The molecule has 1 N–H and O–H groups in total. The molecule has 136 valence electrons. The van der Waals surface area contributed by atoms with Gasteiger partial charge in [-0.1, -0.05) is 98.7 Å². The molecule has 0 saturated heterocycles. The van der Waals surface area contributed by atoms with E-state index in [0.29, 0.717) is 5.75 Å². The van der Waals surface area contributed by atoms with E-state index in [1.54, 1.807) is 0 Å². The predicted molar refractivity (Wildman–Crippen MR) is 110 cm³/mol. The second-order valence-electron chi connectivity index (χ2n) is 10.3. The van der Waals surface area contributed by atoms with Crippen molar-refractivity contribution < 1.29 is 5.11 Å². The number of phenols is 1. The Kier molecular flexibility index (Phi) is 4.85. The van der Waals surface area contributed by atoms with Crippen molar-refractivity contribution >= 4 is 0 Å². The Morgan fingerprint density at radius 2 is 1.12 bits per heavy atom. The number of phenolic OH excluding ortho intramolecular Hbond substituents is 1. The van der Waals surface area contributed by atoms with Gasteiger partial charge in [0.2, 0.25) is 0 Å². The fourth-order valence-corrected chi connectivity index (χ4v) is 3.03. The molecule has 0 heterocycles. The van der Waals surface area contributed by atoms with Crippen molar-refractivity contribution in [2.45, 2.75) is 78.6 Å². The molecular weight excluding hydrogens is 304 g/mol. The number of aromatic hydroxyl groups is 1. The molecule has 25 heavy (non-hydrogen) atoms. The summed E-state index contributed by atoms with van der Waals surface area (Å²) in [5.74, 6) is 0.404. The Labute approximate surface area is 154 Å². The number of hydrogen-bond donors (Lipinski definition) is 1. The molecule has 0 atom stereocenters. The fraction of sp³-hybridized carbons (Fsp3) is 0.500. The average molecular weight is 339 g/mol. The van der Waals surface area contributed by atoms with Gasteiger partial charge in [-0.2, -0.15) is 0 Å². The second kappa shape index (κ2) is 6.20. The lowest BCUT2D eigenvalue weighted by Gasteiger charge is -2.27. The lowest BCUT2D eigenvalue weighted by Crippen LogP contribution is -2.16. The van der Waals surface area contributed by atoms with Crippen LogP contribution in [-0.4, -0.2) is 5.11 Å². The van der Waals surface area contributed by atoms with Crippen molar-refractivity contribution in [2.24, 2.45) is 0 Å². The van der Waals surface area contributed by atoms with Gasteiger partial charge in [-0.05, 0) is 38.5 Å². The number of hydrogen-bond acceptors (Lipinski definition) is 1. The van der Waals surface area contributed by atoms with Gasteiger partial charge in [0.15, 0.2) is 0 Å². The molecule has 0 radical (unpaired) electrons. The summed E-state index contributed by atoms with van der Waals surface area (Å²) in [6.45, 7) is 19.9. The van der Waals surface area contributed by atoms with Gasteiger partial charge in [-0.15, -0.1) is 0 Å². The van der Waals surface area contributed by atoms with Crippen molar-refractivity contribution in [3.05, 3.63) is 53.1 Å². The molecule has 0 aliphatic carbocycles. The summed E-state index contributed by atoms with van der Waals surface area (Å²) in [4.78, 5) is 0. The van der Waals surface area contributed by atoms with E-state index in [1.807, 2.05) is 12.1 Å². The second-order valence-corrected chi connectivity index (χ2v) is 10.3. The third kappa shape index (κ3) is 4.26. The van der Waals surface area contributed by atoms with Gasteiger partial charge in [0.25, 0.3) is 0 Å². The highest BCUT2D eigenvalue weighted by Gasteiger charge is 2.24. The van der Waals surface area contributed by atoms with E-state index in [4.69, 9.17) is 0 Å². The van der Waals surface area contributed by atoms with Crippen LogP contribution in [0.25, 0.3) is 11.1 Å². The molecule has 0 aliphatic heterocycles. The van der Waals surface area contributed by atoms with E-state index in [1.165, 1.54) is 11.1 Å². The molecule has 0 spiro atoms. The van der Waals surface area contributed by atoms with Crippen LogP contribution in [0.2, 0.25) is 0 Å². The Balaban J connectivity index is 2.76. The number of rotatable bonds is 1. The summed E-state index contributed by atoms with van der Waals surface area (Å²) in [5.41, 5.74) is 5.65. The van der Waals surface area contributed by atoms with Crippen LogP contribution in [0.4, 0.5) is 0 Å². The first-order valence-electron chi connectivity index (χ1n) is 9.20. The zero-order valence-corrected chi connectivity index (χ0v) is 17.4. The van der Waals surface area contributed by atoms with Crippen molar-refractivity contribution in [1.82, 2.24) is 0 Å². The van der Waals surface area contributed by atoms with Crippen molar-refractivity contribution in [1.29, 1.82) is 0 Å². The molecule has 0 saturated carbocycles. The summed E-state index contributed by atoms with van der Waals surface area (Å²) in [5, 5.41) is 11.0. The SMILES string of the molecule is CC(C)(C)c1cc(-c2cccc(C(C)(C)C)c2O)cc(C(C)(C)C)c1. The first-order valence-corrected chi connectivity index (χ1v) is 9.20. The van der Waals surface area contributed by atoms with Crippen LogP contribution in [-0.2, 0) is 16.2 Å². The Morgan fingerprint density at radius 3 is 1.52 bits per heavy atom. The molecule has 0 amide bonds. The van der Waals surface area contributed by atoms with Crippen LogP contribution >= 0.6 is 0 Å². The molecule has 2 aromatic rings. The van der Waals surface area contributed by atoms with Gasteiger partial charge in [0.05, 0.1) is 0 Å². The third-order valence-electron chi connectivity index (χ3n) is 4.82. The maximum Gasteiger partial charge on any atom is 0.127 e. The zero-order valence-electron chi connectivity index (χ0n) is 17.4. The zero-order chi connectivity index (χ0) is 19.2. The molecule has 0 bridgehead atoms. The molecule has 0 unspecified atom stereocenters. The molecule has 0 fully saturated rings. The minimum Gasteiger partial charge on any atom is -0.507 e. The monoisotopic (exact) mass is 338 g/mol. The first-order chi connectivity index (χ1) is 11.2. The van der Waals surface area contributed by atoms with Crippen LogP contribution in [0.3, 0.4) is 0 Å². The van der Waals surface area contributed by atoms with E-state index in [2.05, 4.69) is 86.6 Å². The quantitative estimate of drug-likeness (QED) is 0.596. The summed E-state index contributed by atoms with van der Waals surface area (Å²) in [6, 6.07) is 12.9. The lowest BCUT2D eigenvalue weighted by molar-refractivity contribution is 0.448. The molecule has 0 aromatic heterocycles. The number of para-hydroxylation sites is 1. The van der Waals surface area contributed by atoms with E-state index >= 15 is 0 Å². The van der Waals surface area contributed by atoms with Crippen LogP contribution in [0.15, 0.2) is 36.4 Å². The first kappa shape index (κ1) is 19.6. The minimum absolute atomic E-state index is 0.0628. The van der Waals surface area contributed by atoms with E-state index in [9.17, 15) is 5.11 Å². The summed E-state index contributed by atoms with van der Waals surface area (Å²) < 4.78 is 0. The third-order valence-corrected chi connectivity index (χ3v) is 4.82. The van der Waals surface area contributed by atoms with Gasteiger partial charge in [0.1, 0.15) is 5.75 Å². The Bertz CT molecular complexity index is 730. The van der Waals surface area contributed by atoms with Crippen molar-refractivity contribution in [3.63, 3.8) is 0 Å². The fourth-order valence-electron chi connectivity index (χ4n) is 3.03. The molecule has 2 aromatic carbocycles. The largest absolute Gasteiger partial charge is 0.507 e. The van der Waals surface area contributed by atoms with Crippen LogP contribution in [0, 0.1) is 0 Å². The van der Waals surface area contributed by atoms with Gasteiger partial charge in [-0.25, -0.2) is 0 Å². The maximum absolute atomic E-state index is 11.0. The number of benzene rings is 2. The lowest BCUT2D eigenvalue weighted by atomic mass is 9.78. The van der Waals surface area contributed by atoms with E-state index in [-0.39, 0.29) is 16.2 Å². The maximum atomic E-state index is 11.0. The molecular formula is C24H34O. The summed E-state index contributed by atoms with van der Waals surface area (Å²) in [6.07, 6.45) is 0. The standard InChI is InChI=1S/C24H34O/c1-22(2,3)17-13-16(14-18(15-17)23(4,5)6)19-11-10-12-20(21(19)25)24(7,8)9/h10-15,25H,1-9H3. The Morgan fingerprint density at radius 1 is 0.640 bits per heavy atom. The Hall–Kier alpha value is -1.76. The highest BCUT2D eigenvalue weighted by Crippen LogP contribution is 2.41. The van der Waals surface area contributed by atoms with Gasteiger partial charge >= 0.3 is 0 Å². The predicted octanol–water partition coefficient (Wildman–Crippen LogP) is 6.95. The van der Waals surface area contributed by atoms with Gasteiger partial charge in [-0.3, -0.25) is 0 Å². The minimum atomic E-state index is -0.0887. The van der Waals surface area contributed by atoms with Crippen LogP contribution in [0.5, 0.6) is 5.75 Å². The highest BCUT2D eigenvalue weighted by molar-refractivity contribution is 5.74. The molecule has 0 aliphatic rings. The molecule has 1 heteroatoms. The van der Waals surface area contributed by atoms with E-state index < -0.39 is 0 Å². The average Bonchev–Trinajstić information content (AvgIpc) is 2.44. The van der Waals surface area contributed by atoms with Gasteiger partial charge in [0, 0.05) is 5.56 Å². The van der Waals surface area contributed by atoms with Crippen molar-refractivity contribution in [2.75, 3.05) is 0 Å². The summed E-state index contributed by atoms with van der Waals surface area (Å²) in [7, 11) is 0. The normalized spacial score (nSPS) is 13.2. The molecule has 2 rings (SSSR count).